The molecule has 2 heterocycles. The molecule has 176 valence electrons. The van der Waals surface area contributed by atoms with Crippen LogP contribution in [0.4, 0.5) is 4.39 Å². The third-order valence-corrected chi connectivity index (χ3v) is 7.36. The highest BCUT2D eigenvalue weighted by Crippen LogP contribution is 2.37. The predicted octanol–water partition coefficient (Wildman–Crippen LogP) is 5.43. The van der Waals surface area contributed by atoms with Crippen LogP contribution in [0.15, 0.2) is 59.6 Å². The molecule has 0 aromatic heterocycles. The maximum Gasteiger partial charge on any atom is 0.260 e. The summed E-state index contributed by atoms with van der Waals surface area (Å²) < 4.78 is 13.4. The first-order valence-electron chi connectivity index (χ1n) is 12.4. The fraction of sp³-hybridized carbons (Fsp3) is 0.500. The topological polar surface area (TPSA) is 35.9 Å². The number of carbonyl (C=O) groups is 1. The average molecular weight is 450 g/mol. The molecule has 0 bridgehead atoms. The van der Waals surface area contributed by atoms with Crippen LogP contribution in [0.2, 0.25) is 0 Å². The molecular formula is C28H36FN3O. The number of aliphatic imine (C=N–C) groups is 1. The Hall–Kier alpha value is -2.53. The third-order valence-electron chi connectivity index (χ3n) is 7.36. The van der Waals surface area contributed by atoms with Crippen molar-refractivity contribution in [2.75, 3.05) is 26.2 Å². The number of hydrogen-bond donors (Lipinski definition) is 0. The van der Waals surface area contributed by atoms with Crippen molar-refractivity contribution in [3.8, 4) is 0 Å². The smallest absolute Gasteiger partial charge is 0.260 e. The molecule has 0 radical (unpaired) electrons. The number of nitrogens with zero attached hydrogens (tertiary/aromatic N) is 3. The Balaban J connectivity index is 1.26. The van der Waals surface area contributed by atoms with Gasteiger partial charge in [0, 0.05) is 6.54 Å². The molecule has 0 saturated carbocycles. The number of hydrogen-bond acceptors (Lipinski definition) is 3. The van der Waals surface area contributed by atoms with E-state index in [0.29, 0.717) is 12.3 Å². The monoisotopic (exact) mass is 449 g/mol. The van der Waals surface area contributed by atoms with Gasteiger partial charge >= 0.3 is 0 Å². The summed E-state index contributed by atoms with van der Waals surface area (Å²) in [6, 6.07) is 17.0. The van der Waals surface area contributed by atoms with Crippen LogP contribution in [0.25, 0.3) is 0 Å². The lowest BCUT2D eigenvalue weighted by Gasteiger charge is -2.34. The van der Waals surface area contributed by atoms with Crippen LogP contribution in [-0.4, -0.2) is 47.7 Å². The van der Waals surface area contributed by atoms with Crippen LogP contribution in [0.1, 0.15) is 57.1 Å². The molecule has 1 saturated heterocycles. The Morgan fingerprint density at radius 3 is 2.39 bits per heavy atom. The van der Waals surface area contributed by atoms with Crippen molar-refractivity contribution in [3.05, 3.63) is 71.5 Å². The van der Waals surface area contributed by atoms with Gasteiger partial charge in [-0.1, -0.05) is 49.4 Å². The minimum atomic E-state index is -0.906. The largest absolute Gasteiger partial charge is 0.303 e. The second-order valence-corrected chi connectivity index (χ2v) is 9.52. The SMILES string of the molecule is CCC1(c2ccc(F)cc2)N=C(C)N(CC2CCN(CCCCc3ccccc3)CC2)C1=O. The van der Waals surface area contributed by atoms with Gasteiger partial charge < -0.3 is 4.90 Å². The summed E-state index contributed by atoms with van der Waals surface area (Å²) in [5.41, 5.74) is 1.30. The van der Waals surface area contributed by atoms with Crippen LogP contribution >= 0.6 is 0 Å². The molecule has 4 nitrogen and oxygen atoms in total. The highest BCUT2D eigenvalue weighted by atomic mass is 19.1. The Morgan fingerprint density at radius 2 is 1.73 bits per heavy atom. The fourth-order valence-corrected chi connectivity index (χ4v) is 5.28. The van der Waals surface area contributed by atoms with Crippen LogP contribution < -0.4 is 0 Å². The highest BCUT2D eigenvalue weighted by molar-refractivity contribution is 6.07. The molecule has 1 unspecified atom stereocenters. The van der Waals surface area contributed by atoms with Gasteiger partial charge in [-0.2, -0.15) is 0 Å². The first-order chi connectivity index (χ1) is 16.0. The Kier molecular flexibility index (Phi) is 7.59. The number of unbranched alkanes of at least 4 members (excludes halogenated alkanes) is 1. The van der Waals surface area contributed by atoms with Crippen molar-refractivity contribution in [3.63, 3.8) is 0 Å². The van der Waals surface area contributed by atoms with Gasteiger partial charge in [0.05, 0.1) is 0 Å². The van der Waals surface area contributed by atoms with Crippen LogP contribution in [0.3, 0.4) is 0 Å². The number of likely N-dealkylation sites (tertiary alicyclic amines) is 1. The van der Waals surface area contributed by atoms with E-state index < -0.39 is 5.54 Å². The van der Waals surface area contributed by atoms with Crippen LogP contribution in [-0.2, 0) is 16.8 Å². The minimum Gasteiger partial charge on any atom is -0.303 e. The summed E-state index contributed by atoms with van der Waals surface area (Å²) in [5, 5.41) is 0. The van der Waals surface area contributed by atoms with Gasteiger partial charge in [0.1, 0.15) is 11.7 Å². The zero-order valence-electron chi connectivity index (χ0n) is 20.0. The lowest BCUT2D eigenvalue weighted by Crippen LogP contribution is -2.44. The summed E-state index contributed by atoms with van der Waals surface area (Å²) in [6.45, 7) is 8.01. The average Bonchev–Trinajstić information content (AvgIpc) is 3.09. The predicted molar refractivity (Wildman–Crippen MR) is 132 cm³/mol. The molecule has 5 heteroatoms. The first kappa shape index (κ1) is 23.6. The minimum absolute atomic E-state index is 0.0393. The number of piperidine rings is 1. The number of benzene rings is 2. The number of halogens is 1. The molecule has 1 fully saturated rings. The van der Waals surface area contributed by atoms with Gasteiger partial charge in [-0.05, 0) is 94.3 Å². The lowest BCUT2D eigenvalue weighted by molar-refractivity contribution is -0.132. The standard InChI is InChI=1S/C28H36FN3O/c1-3-28(25-12-14-26(29)15-13-25)27(33)32(22(2)30-28)21-24-16-19-31(20-17-24)18-8-7-11-23-9-5-4-6-10-23/h4-6,9-10,12-15,24H,3,7-8,11,16-21H2,1-2H3. The van der Waals surface area contributed by atoms with Crippen molar-refractivity contribution < 1.29 is 9.18 Å². The van der Waals surface area contributed by atoms with Crippen molar-refractivity contribution >= 4 is 11.7 Å². The maximum absolute atomic E-state index is 13.5. The molecule has 2 aromatic rings. The molecule has 1 amide bonds. The van der Waals surface area contributed by atoms with Gasteiger partial charge in [0.15, 0.2) is 5.54 Å². The van der Waals surface area contributed by atoms with Gasteiger partial charge in [-0.15, -0.1) is 0 Å². The van der Waals surface area contributed by atoms with Crippen LogP contribution in [0, 0.1) is 11.7 Å². The number of amidine groups is 1. The normalized spacial score (nSPS) is 22.1. The first-order valence-corrected chi connectivity index (χ1v) is 12.4. The number of carbonyl (C=O) groups excluding carboxylic acids is 1. The van der Waals surface area contributed by atoms with Crippen molar-refractivity contribution in [1.82, 2.24) is 9.80 Å². The molecule has 0 N–H and O–H groups in total. The summed E-state index contributed by atoms with van der Waals surface area (Å²) in [7, 11) is 0. The fourth-order valence-electron chi connectivity index (χ4n) is 5.28. The number of aryl methyl sites for hydroxylation is 1. The molecule has 0 spiro atoms. The van der Waals surface area contributed by atoms with E-state index >= 15 is 0 Å². The van der Waals surface area contributed by atoms with Gasteiger partial charge in [0.2, 0.25) is 0 Å². The summed E-state index contributed by atoms with van der Waals surface area (Å²) in [5.74, 6) is 1.03. The van der Waals surface area contributed by atoms with E-state index in [1.54, 1.807) is 12.1 Å². The zero-order valence-corrected chi connectivity index (χ0v) is 20.0. The van der Waals surface area contributed by atoms with E-state index in [2.05, 4.69) is 35.2 Å². The van der Waals surface area contributed by atoms with E-state index in [4.69, 9.17) is 4.99 Å². The van der Waals surface area contributed by atoms with E-state index in [-0.39, 0.29) is 11.7 Å². The van der Waals surface area contributed by atoms with Crippen molar-refractivity contribution in [1.29, 1.82) is 0 Å². The summed E-state index contributed by atoms with van der Waals surface area (Å²) >= 11 is 0. The Labute approximate surface area is 197 Å². The second-order valence-electron chi connectivity index (χ2n) is 9.52. The highest BCUT2D eigenvalue weighted by Gasteiger charge is 2.47. The number of rotatable bonds is 9. The van der Waals surface area contributed by atoms with E-state index in [9.17, 15) is 9.18 Å². The van der Waals surface area contributed by atoms with Gasteiger partial charge in [-0.3, -0.25) is 14.7 Å². The quantitative estimate of drug-likeness (QED) is 0.479. The lowest BCUT2D eigenvalue weighted by atomic mass is 9.87. The van der Waals surface area contributed by atoms with Gasteiger partial charge in [0.25, 0.3) is 5.91 Å². The van der Waals surface area contributed by atoms with Crippen LogP contribution in [0.5, 0.6) is 0 Å². The third kappa shape index (κ3) is 5.35. The molecule has 4 rings (SSSR count). The van der Waals surface area contributed by atoms with Crippen molar-refractivity contribution in [2.45, 2.75) is 57.9 Å². The molecular weight excluding hydrogens is 413 g/mol. The van der Waals surface area contributed by atoms with Crippen molar-refractivity contribution in [2.24, 2.45) is 10.9 Å². The van der Waals surface area contributed by atoms with Gasteiger partial charge in [-0.25, -0.2) is 4.39 Å². The molecule has 0 aliphatic carbocycles. The maximum atomic E-state index is 13.5. The molecule has 2 aliphatic rings. The Bertz CT molecular complexity index is 951. The zero-order chi connectivity index (χ0) is 23.3. The van der Waals surface area contributed by atoms with E-state index in [0.717, 1.165) is 56.8 Å². The van der Waals surface area contributed by atoms with E-state index in [1.165, 1.54) is 30.5 Å². The Morgan fingerprint density at radius 1 is 1.03 bits per heavy atom. The summed E-state index contributed by atoms with van der Waals surface area (Å²) in [4.78, 5) is 22.8. The molecule has 2 aromatic carbocycles. The number of amides is 1. The summed E-state index contributed by atoms with van der Waals surface area (Å²) in [6.07, 6.45) is 6.42. The molecule has 33 heavy (non-hydrogen) atoms. The molecule has 1 atom stereocenters. The van der Waals surface area contributed by atoms with E-state index in [1.807, 2.05) is 18.7 Å². The second kappa shape index (κ2) is 10.6. The molecule has 2 aliphatic heterocycles.